The van der Waals surface area contributed by atoms with Crippen LogP contribution in [0.1, 0.15) is 6.23 Å². The van der Waals surface area contributed by atoms with E-state index in [0.29, 0.717) is 0 Å². The molecule has 3 unspecified atom stereocenters. The van der Waals surface area contributed by atoms with E-state index in [4.69, 9.17) is 22.1 Å². The van der Waals surface area contributed by atoms with E-state index in [0.717, 1.165) is 10.6 Å². The zero-order valence-electron chi connectivity index (χ0n) is 9.11. The van der Waals surface area contributed by atoms with Gasteiger partial charge in [0.1, 0.15) is 12.2 Å². The van der Waals surface area contributed by atoms with Crippen LogP contribution in [0, 0.1) is 4.77 Å². The normalized spacial score (nSPS) is 16.5. The van der Waals surface area contributed by atoms with Crippen LogP contribution in [0.25, 0.3) is 0 Å². The molecule has 0 radical (unpaired) electrons. The smallest absolute Gasteiger partial charge is 0.251 e. The molecule has 0 spiro atoms. The van der Waals surface area contributed by atoms with Gasteiger partial charge >= 0.3 is 0 Å². The third kappa shape index (κ3) is 3.20. The number of ether oxygens (including phenoxy) is 1. The van der Waals surface area contributed by atoms with Crippen molar-refractivity contribution in [2.75, 3.05) is 13.7 Å². The van der Waals surface area contributed by atoms with Gasteiger partial charge in [-0.05, 0) is 12.2 Å². The largest absolute Gasteiger partial charge is 0.394 e. The van der Waals surface area contributed by atoms with Crippen molar-refractivity contribution in [3.63, 3.8) is 0 Å². The molecule has 0 saturated carbocycles. The fourth-order valence-corrected chi connectivity index (χ4v) is 1.58. The second-order valence-corrected chi connectivity index (χ2v) is 3.77. The highest BCUT2D eigenvalue weighted by atomic mass is 32.1. The fourth-order valence-electron chi connectivity index (χ4n) is 1.31. The number of nitrogens with one attached hydrogen (secondary N) is 1. The monoisotopic (exact) mass is 262 g/mol. The Labute approximate surface area is 102 Å². The maximum Gasteiger partial charge on any atom is 0.251 e. The highest BCUT2D eigenvalue weighted by Gasteiger charge is 2.27. The maximum atomic E-state index is 10.9. The predicted molar refractivity (Wildman–Crippen MR) is 61.0 cm³/mol. The molecule has 7 nitrogen and oxygen atoms in total. The van der Waals surface area contributed by atoms with Gasteiger partial charge in [-0.25, -0.2) is 0 Å². The van der Waals surface area contributed by atoms with Crippen LogP contribution in [0.4, 0.5) is 0 Å². The van der Waals surface area contributed by atoms with Gasteiger partial charge in [-0.3, -0.25) is 14.3 Å². The summed E-state index contributed by atoms with van der Waals surface area (Å²) in [6.45, 7) is -0.453. The number of aromatic amines is 1. The van der Waals surface area contributed by atoms with Crippen molar-refractivity contribution < 1.29 is 20.1 Å². The standard InChI is InChI=1S/C9H14N2O5S/c1-16-5(4-12)7(14)8(15)11-3-2-6(13)10-9(11)17/h2-3,5,7-8,12,14-15H,4H2,1H3,(H,10,13,17). The van der Waals surface area contributed by atoms with Gasteiger partial charge in [-0.1, -0.05) is 0 Å². The maximum absolute atomic E-state index is 10.9. The van der Waals surface area contributed by atoms with Gasteiger partial charge in [0.25, 0.3) is 5.56 Å². The van der Waals surface area contributed by atoms with E-state index in [9.17, 15) is 15.0 Å². The molecule has 17 heavy (non-hydrogen) atoms. The molecule has 96 valence electrons. The lowest BCUT2D eigenvalue weighted by Gasteiger charge is -2.25. The minimum atomic E-state index is -1.42. The Bertz CT molecular complexity index is 467. The van der Waals surface area contributed by atoms with Crippen LogP contribution in [0.3, 0.4) is 0 Å². The lowest BCUT2D eigenvalue weighted by Crippen LogP contribution is -2.39. The van der Waals surface area contributed by atoms with Crippen molar-refractivity contribution in [2.24, 2.45) is 0 Å². The minimum absolute atomic E-state index is 0.0307. The summed E-state index contributed by atoms with van der Waals surface area (Å²) in [6, 6.07) is 1.16. The van der Waals surface area contributed by atoms with Crippen LogP contribution in [0.15, 0.2) is 17.1 Å². The summed E-state index contributed by atoms with van der Waals surface area (Å²) in [5.74, 6) is 0. The number of hydrogen-bond donors (Lipinski definition) is 4. The van der Waals surface area contributed by atoms with E-state index < -0.39 is 30.6 Å². The molecule has 3 atom stereocenters. The molecule has 1 aromatic rings. The molecular formula is C9H14N2O5S. The topological polar surface area (TPSA) is 108 Å². The van der Waals surface area contributed by atoms with Crippen molar-refractivity contribution in [3.05, 3.63) is 27.4 Å². The Balaban J connectivity index is 2.99. The zero-order chi connectivity index (χ0) is 13.0. The minimum Gasteiger partial charge on any atom is -0.394 e. The molecule has 4 N–H and O–H groups in total. The Kier molecular flexibility index (Phi) is 4.97. The average molecular weight is 262 g/mol. The molecule has 8 heteroatoms. The highest BCUT2D eigenvalue weighted by molar-refractivity contribution is 7.71. The summed E-state index contributed by atoms with van der Waals surface area (Å²) in [5.41, 5.74) is -0.404. The summed E-state index contributed by atoms with van der Waals surface area (Å²) in [6.07, 6.45) is -2.49. The van der Waals surface area contributed by atoms with Gasteiger partial charge in [-0.15, -0.1) is 0 Å². The highest BCUT2D eigenvalue weighted by Crippen LogP contribution is 2.12. The van der Waals surface area contributed by atoms with Gasteiger partial charge in [0.15, 0.2) is 11.0 Å². The Morgan fingerprint density at radius 3 is 2.71 bits per heavy atom. The fraction of sp³-hybridized carbons (Fsp3) is 0.556. The van der Waals surface area contributed by atoms with Crippen LogP contribution < -0.4 is 5.56 Å². The molecule has 1 rings (SSSR count). The van der Waals surface area contributed by atoms with Crippen LogP contribution >= 0.6 is 12.2 Å². The molecular weight excluding hydrogens is 248 g/mol. The Morgan fingerprint density at radius 1 is 1.59 bits per heavy atom. The van der Waals surface area contributed by atoms with E-state index in [1.165, 1.54) is 13.3 Å². The average Bonchev–Trinajstić information content (AvgIpc) is 2.29. The SMILES string of the molecule is COC(CO)C(O)C(O)n1ccc(=O)[nH]c1=S. The van der Waals surface area contributed by atoms with Gasteiger partial charge in [0, 0.05) is 19.4 Å². The first-order valence-electron chi connectivity index (χ1n) is 4.82. The number of methoxy groups -OCH3 is 1. The summed E-state index contributed by atoms with van der Waals surface area (Å²) in [5, 5.41) is 28.5. The molecule has 0 aliphatic carbocycles. The second-order valence-electron chi connectivity index (χ2n) is 3.38. The lowest BCUT2D eigenvalue weighted by molar-refractivity contribution is -0.118. The van der Waals surface area contributed by atoms with E-state index in [1.807, 2.05) is 0 Å². The molecule has 0 fully saturated rings. The first-order valence-corrected chi connectivity index (χ1v) is 5.23. The first kappa shape index (κ1) is 14.0. The first-order chi connectivity index (χ1) is 8.01. The van der Waals surface area contributed by atoms with Crippen molar-refractivity contribution in [1.82, 2.24) is 9.55 Å². The molecule has 0 bridgehead atoms. The van der Waals surface area contributed by atoms with Crippen molar-refractivity contribution in [2.45, 2.75) is 18.4 Å². The molecule has 0 amide bonds. The third-order valence-electron chi connectivity index (χ3n) is 2.31. The van der Waals surface area contributed by atoms with Crippen LogP contribution in [0.5, 0.6) is 0 Å². The number of rotatable bonds is 5. The molecule has 1 heterocycles. The number of aliphatic hydroxyl groups is 3. The van der Waals surface area contributed by atoms with Crippen molar-refractivity contribution in [1.29, 1.82) is 0 Å². The van der Waals surface area contributed by atoms with Gasteiger partial charge in [-0.2, -0.15) is 0 Å². The van der Waals surface area contributed by atoms with Crippen molar-refractivity contribution in [3.8, 4) is 0 Å². The number of hydrogen-bond acceptors (Lipinski definition) is 6. The van der Waals surface area contributed by atoms with E-state index in [2.05, 4.69) is 4.98 Å². The lowest BCUT2D eigenvalue weighted by atomic mass is 10.2. The second kappa shape index (κ2) is 6.03. The van der Waals surface area contributed by atoms with E-state index in [-0.39, 0.29) is 4.77 Å². The molecule has 0 aromatic carbocycles. The van der Waals surface area contributed by atoms with Crippen LogP contribution in [0.2, 0.25) is 0 Å². The molecule has 0 aliphatic heterocycles. The van der Waals surface area contributed by atoms with Crippen LogP contribution in [-0.2, 0) is 4.74 Å². The number of H-pyrrole nitrogens is 1. The molecule has 0 aliphatic rings. The predicted octanol–water partition coefficient (Wildman–Crippen LogP) is -1.24. The summed E-state index contributed by atoms with van der Waals surface area (Å²) >= 11 is 4.83. The molecule has 1 aromatic heterocycles. The van der Waals surface area contributed by atoms with Gasteiger partial charge in [0.05, 0.1) is 6.61 Å². The number of aromatic nitrogens is 2. The van der Waals surface area contributed by atoms with Gasteiger partial charge in [0.2, 0.25) is 0 Å². The number of nitrogens with zero attached hydrogens (tertiary/aromatic N) is 1. The summed E-state index contributed by atoms with van der Waals surface area (Å²) < 4.78 is 5.86. The zero-order valence-corrected chi connectivity index (χ0v) is 9.92. The van der Waals surface area contributed by atoms with Crippen LogP contribution in [-0.4, -0.2) is 50.8 Å². The number of aliphatic hydroxyl groups excluding tert-OH is 3. The Morgan fingerprint density at radius 2 is 2.24 bits per heavy atom. The summed E-state index contributed by atoms with van der Waals surface area (Å²) in [4.78, 5) is 13.2. The molecule has 0 saturated heterocycles. The Hall–Kier alpha value is -1.06. The third-order valence-corrected chi connectivity index (χ3v) is 2.62. The van der Waals surface area contributed by atoms with E-state index >= 15 is 0 Å². The summed E-state index contributed by atoms with van der Waals surface area (Å²) in [7, 11) is 1.29. The van der Waals surface area contributed by atoms with Gasteiger partial charge < -0.3 is 20.1 Å². The quantitative estimate of drug-likeness (QED) is 0.495. The van der Waals surface area contributed by atoms with Crippen molar-refractivity contribution >= 4 is 12.2 Å². The van der Waals surface area contributed by atoms with E-state index in [1.54, 1.807) is 0 Å².